The molecule has 0 aliphatic rings. The summed E-state index contributed by atoms with van der Waals surface area (Å²) in [4.78, 5) is 10.8. The van der Waals surface area contributed by atoms with Gasteiger partial charge in [-0.25, -0.2) is 22.7 Å². The lowest BCUT2D eigenvalue weighted by atomic mass is 10.1. The number of anilines is 1. The van der Waals surface area contributed by atoms with Crippen LogP contribution < -0.4 is 10.5 Å². The molecule has 8 heteroatoms. The van der Waals surface area contributed by atoms with Crippen LogP contribution in [0.4, 0.5) is 10.1 Å². The summed E-state index contributed by atoms with van der Waals surface area (Å²) >= 11 is 0. The molecule has 0 radical (unpaired) electrons. The van der Waals surface area contributed by atoms with Gasteiger partial charge in [-0.05, 0) is 18.6 Å². The Morgan fingerprint density at radius 1 is 1.44 bits per heavy atom. The van der Waals surface area contributed by atoms with Crippen LogP contribution in [0.15, 0.2) is 18.2 Å². The normalized spacial score (nSPS) is 11.2. The van der Waals surface area contributed by atoms with Crippen LogP contribution in [0, 0.1) is 5.82 Å². The zero-order valence-electron chi connectivity index (χ0n) is 9.39. The number of primary sulfonamides is 1. The first kappa shape index (κ1) is 14.4. The number of aromatic carboxylic acids is 1. The van der Waals surface area contributed by atoms with E-state index < -0.39 is 27.4 Å². The van der Waals surface area contributed by atoms with Gasteiger partial charge in [-0.1, -0.05) is 6.07 Å². The molecule has 1 rings (SSSR count). The number of benzene rings is 1. The van der Waals surface area contributed by atoms with Crippen LogP contribution in [0.5, 0.6) is 0 Å². The Bertz CT molecular complexity index is 545. The summed E-state index contributed by atoms with van der Waals surface area (Å²) < 4.78 is 34.6. The van der Waals surface area contributed by atoms with Crippen LogP contribution in [-0.4, -0.2) is 31.8 Å². The van der Waals surface area contributed by atoms with Crippen molar-refractivity contribution < 1.29 is 22.7 Å². The quantitative estimate of drug-likeness (QED) is 0.660. The van der Waals surface area contributed by atoms with Crippen molar-refractivity contribution in [3.05, 3.63) is 29.6 Å². The van der Waals surface area contributed by atoms with Gasteiger partial charge in [0.05, 0.1) is 11.4 Å². The molecule has 0 amide bonds. The Hall–Kier alpha value is -1.67. The summed E-state index contributed by atoms with van der Waals surface area (Å²) in [5, 5.41) is 16.3. The van der Waals surface area contributed by atoms with Gasteiger partial charge < -0.3 is 10.4 Å². The van der Waals surface area contributed by atoms with E-state index in [0.29, 0.717) is 0 Å². The van der Waals surface area contributed by atoms with Gasteiger partial charge in [0.1, 0.15) is 11.4 Å². The van der Waals surface area contributed by atoms with Crippen LogP contribution in [0.1, 0.15) is 16.8 Å². The number of sulfonamides is 1. The lowest BCUT2D eigenvalue weighted by molar-refractivity contribution is 0.0693. The molecule has 18 heavy (non-hydrogen) atoms. The highest BCUT2D eigenvalue weighted by Gasteiger charge is 2.15. The highest BCUT2D eigenvalue weighted by Crippen LogP contribution is 2.18. The average molecular weight is 276 g/mol. The summed E-state index contributed by atoms with van der Waals surface area (Å²) in [6.07, 6.45) is 0.203. The monoisotopic (exact) mass is 276 g/mol. The zero-order valence-corrected chi connectivity index (χ0v) is 10.2. The molecule has 0 fully saturated rings. The fraction of sp³-hybridized carbons (Fsp3) is 0.300. The molecule has 0 aliphatic carbocycles. The molecule has 100 valence electrons. The van der Waals surface area contributed by atoms with Crippen molar-refractivity contribution in [2.45, 2.75) is 6.42 Å². The van der Waals surface area contributed by atoms with Crippen LogP contribution in [0.2, 0.25) is 0 Å². The molecular weight excluding hydrogens is 263 g/mol. The predicted molar refractivity (Wildman–Crippen MR) is 64.4 cm³/mol. The van der Waals surface area contributed by atoms with E-state index in [2.05, 4.69) is 5.32 Å². The number of hydrogen-bond donors (Lipinski definition) is 3. The Morgan fingerprint density at radius 3 is 2.67 bits per heavy atom. The lowest BCUT2D eigenvalue weighted by Gasteiger charge is -2.09. The Labute approximate surface area is 104 Å². The van der Waals surface area contributed by atoms with Crippen LogP contribution in [0.25, 0.3) is 0 Å². The van der Waals surface area contributed by atoms with E-state index in [4.69, 9.17) is 10.2 Å². The molecule has 0 aromatic heterocycles. The third-order valence-electron chi connectivity index (χ3n) is 2.15. The number of halogens is 1. The molecular formula is C10H13FN2O4S. The van der Waals surface area contributed by atoms with Crippen LogP contribution in [0.3, 0.4) is 0 Å². The molecule has 0 saturated heterocycles. The van der Waals surface area contributed by atoms with Crippen molar-refractivity contribution in [3.63, 3.8) is 0 Å². The maximum absolute atomic E-state index is 13.3. The fourth-order valence-corrected chi connectivity index (χ4v) is 1.93. The Balaban J connectivity index is 2.68. The number of carboxylic acid groups (broad SMARTS) is 1. The Kier molecular flexibility index (Phi) is 4.62. The van der Waals surface area contributed by atoms with Crippen molar-refractivity contribution in [1.82, 2.24) is 0 Å². The molecule has 0 aliphatic heterocycles. The van der Waals surface area contributed by atoms with Gasteiger partial charge in [0.2, 0.25) is 10.0 Å². The molecule has 0 bridgehead atoms. The van der Waals surface area contributed by atoms with E-state index in [9.17, 15) is 17.6 Å². The highest BCUT2D eigenvalue weighted by atomic mass is 32.2. The lowest BCUT2D eigenvalue weighted by Crippen LogP contribution is -2.19. The first-order valence-corrected chi connectivity index (χ1v) is 6.79. The topological polar surface area (TPSA) is 109 Å². The molecule has 0 spiro atoms. The summed E-state index contributed by atoms with van der Waals surface area (Å²) in [5.41, 5.74) is -0.356. The molecule has 0 saturated carbocycles. The first-order chi connectivity index (χ1) is 8.31. The average Bonchev–Trinajstić information content (AvgIpc) is 2.22. The highest BCUT2D eigenvalue weighted by molar-refractivity contribution is 7.89. The minimum atomic E-state index is -3.54. The number of nitrogens with two attached hydrogens (primary N) is 1. The van der Waals surface area contributed by atoms with E-state index >= 15 is 0 Å². The van der Waals surface area contributed by atoms with Crippen molar-refractivity contribution in [3.8, 4) is 0 Å². The van der Waals surface area contributed by atoms with E-state index in [0.717, 1.165) is 6.07 Å². The number of carbonyl (C=O) groups is 1. The van der Waals surface area contributed by atoms with Crippen molar-refractivity contribution in [2.24, 2.45) is 5.14 Å². The SMILES string of the molecule is NS(=O)(=O)CCCNc1cccc(F)c1C(=O)O. The minimum Gasteiger partial charge on any atom is -0.478 e. The fourth-order valence-electron chi connectivity index (χ4n) is 1.39. The third-order valence-corrected chi connectivity index (χ3v) is 3.01. The molecule has 0 heterocycles. The Morgan fingerprint density at radius 2 is 2.11 bits per heavy atom. The van der Waals surface area contributed by atoms with Gasteiger partial charge in [-0.15, -0.1) is 0 Å². The smallest absolute Gasteiger partial charge is 0.340 e. The summed E-state index contributed by atoms with van der Waals surface area (Å²) in [7, 11) is -3.54. The zero-order chi connectivity index (χ0) is 13.8. The minimum absolute atomic E-state index is 0.108. The molecule has 1 aromatic rings. The van der Waals surface area contributed by atoms with E-state index in [1.807, 2.05) is 0 Å². The molecule has 1 aromatic carbocycles. The van der Waals surface area contributed by atoms with Gasteiger partial charge in [-0.3, -0.25) is 0 Å². The summed E-state index contributed by atoms with van der Waals surface area (Å²) in [6.45, 7) is 0.181. The maximum Gasteiger partial charge on any atom is 0.340 e. The van der Waals surface area contributed by atoms with Gasteiger partial charge >= 0.3 is 5.97 Å². The van der Waals surface area contributed by atoms with Gasteiger partial charge in [0.15, 0.2) is 0 Å². The number of nitrogens with one attached hydrogen (secondary N) is 1. The van der Waals surface area contributed by atoms with Crippen molar-refractivity contribution in [2.75, 3.05) is 17.6 Å². The van der Waals surface area contributed by atoms with Crippen molar-refractivity contribution >= 4 is 21.7 Å². The maximum atomic E-state index is 13.3. The largest absolute Gasteiger partial charge is 0.478 e. The van der Waals surface area contributed by atoms with E-state index in [1.54, 1.807) is 0 Å². The molecule has 6 nitrogen and oxygen atoms in total. The standard InChI is InChI=1S/C10H13FN2O4S/c11-7-3-1-4-8(9(7)10(14)15)13-5-2-6-18(12,16)17/h1,3-4,13H,2,5-6H2,(H,14,15)(H2,12,16,17). The van der Waals surface area contributed by atoms with Gasteiger partial charge in [0, 0.05) is 6.54 Å². The van der Waals surface area contributed by atoms with Crippen LogP contribution >= 0.6 is 0 Å². The molecule has 0 unspecified atom stereocenters. The van der Waals surface area contributed by atoms with E-state index in [-0.39, 0.29) is 24.4 Å². The summed E-state index contributed by atoms with van der Waals surface area (Å²) in [6, 6.07) is 3.81. The van der Waals surface area contributed by atoms with E-state index in [1.165, 1.54) is 12.1 Å². The molecule has 4 N–H and O–H groups in total. The second-order valence-electron chi connectivity index (χ2n) is 3.61. The third kappa shape index (κ3) is 4.30. The van der Waals surface area contributed by atoms with Crippen molar-refractivity contribution in [1.29, 1.82) is 0 Å². The second kappa shape index (κ2) is 5.78. The van der Waals surface area contributed by atoms with Gasteiger partial charge in [-0.2, -0.15) is 0 Å². The molecule has 0 atom stereocenters. The number of hydrogen-bond acceptors (Lipinski definition) is 4. The van der Waals surface area contributed by atoms with Gasteiger partial charge in [0.25, 0.3) is 0 Å². The second-order valence-corrected chi connectivity index (χ2v) is 5.35. The first-order valence-electron chi connectivity index (χ1n) is 5.07. The van der Waals surface area contributed by atoms with Crippen LogP contribution in [-0.2, 0) is 10.0 Å². The number of carboxylic acids is 1. The summed E-state index contributed by atoms with van der Waals surface area (Å²) in [5.74, 6) is -2.46. The number of rotatable bonds is 6. The predicted octanol–water partition coefficient (Wildman–Crippen LogP) is 0.614.